The van der Waals surface area contributed by atoms with E-state index in [0.717, 1.165) is 0 Å². The lowest BCUT2D eigenvalue weighted by atomic mass is 10.2. The highest BCUT2D eigenvalue weighted by Crippen LogP contribution is 2.22. The van der Waals surface area contributed by atoms with Crippen LogP contribution in [-0.4, -0.2) is 16.1 Å². The number of aryl methyl sites for hydroxylation is 1. The highest BCUT2D eigenvalue weighted by Gasteiger charge is 2.12. The van der Waals surface area contributed by atoms with E-state index < -0.39 is 5.97 Å². The zero-order valence-corrected chi connectivity index (χ0v) is 8.48. The number of halogens is 2. The van der Waals surface area contributed by atoms with E-state index in [2.05, 4.69) is 20.9 Å². The Morgan fingerprint density at radius 2 is 2.33 bits per heavy atom. The van der Waals surface area contributed by atoms with E-state index in [1.807, 2.05) is 0 Å². The molecule has 0 fully saturated rings. The third-order valence-corrected chi connectivity index (χ3v) is 2.52. The van der Waals surface area contributed by atoms with Gasteiger partial charge < -0.3 is 5.11 Å². The van der Waals surface area contributed by atoms with Gasteiger partial charge in [0, 0.05) is 0 Å². The molecule has 0 aromatic carbocycles. The van der Waals surface area contributed by atoms with Crippen LogP contribution in [0.2, 0.25) is 5.15 Å². The van der Waals surface area contributed by atoms with E-state index in [-0.39, 0.29) is 10.7 Å². The van der Waals surface area contributed by atoms with Crippen LogP contribution in [0.5, 0.6) is 0 Å². The van der Waals surface area contributed by atoms with Crippen molar-refractivity contribution in [3.05, 3.63) is 26.9 Å². The molecule has 1 heterocycles. The van der Waals surface area contributed by atoms with Gasteiger partial charge in [0.15, 0.2) is 0 Å². The zero-order chi connectivity index (χ0) is 9.30. The minimum Gasteiger partial charge on any atom is -0.478 e. The SMILES string of the molecule is Cc1nc(Cl)cc(C(=O)O)c1Br. The van der Waals surface area contributed by atoms with Crippen LogP contribution in [-0.2, 0) is 0 Å². The number of nitrogens with zero attached hydrogens (tertiary/aromatic N) is 1. The molecule has 5 heteroatoms. The van der Waals surface area contributed by atoms with E-state index in [4.69, 9.17) is 16.7 Å². The smallest absolute Gasteiger partial charge is 0.337 e. The standard InChI is InChI=1S/C7H5BrClNO2/c1-3-6(8)4(7(11)12)2-5(9)10-3/h2H,1H3,(H,11,12). The summed E-state index contributed by atoms with van der Waals surface area (Å²) in [7, 11) is 0. The van der Waals surface area contributed by atoms with E-state index in [9.17, 15) is 4.79 Å². The maximum atomic E-state index is 10.6. The molecule has 64 valence electrons. The number of rotatable bonds is 1. The van der Waals surface area contributed by atoms with E-state index in [1.165, 1.54) is 6.07 Å². The van der Waals surface area contributed by atoms with Crippen molar-refractivity contribution in [1.29, 1.82) is 0 Å². The zero-order valence-electron chi connectivity index (χ0n) is 6.14. The van der Waals surface area contributed by atoms with Crippen LogP contribution in [0.15, 0.2) is 10.5 Å². The molecule has 1 rings (SSSR count). The molecule has 0 atom stereocenters. The summed E-state index contributed by atoms with van der Waals surface area (Å²) in [5.41, 5.74) is 0.701. The third-order valence-electron chi connectivity index (χ3n) is 1.32. The maximum Gasteiger partial charge on any atom is 0.337 e. The summed E-state index contributed by atoms with van der Waals surface area (Å²) in [6.45, 7) is 1.68. The van der Waals surface area contributed by atoms with Gasteiger partial charge in [0.05, 0.1) is 15.7 Å². The van der Waals surface area contributed by atoms with Crippen LogP contribution in [0.4, 0.5) is 0 Å². The van der Waals surface area contributed by atoms with Crippen molar-refractivity contribution >= 4 is 33.5 Å². The number of pyridine rings is 1. The number of carboxylic acids is 1. The fraction of sp³-hybridized carbons (Fsp3) is 0.143. The van der Waals surface area contributed by atoms with Crippen molar-refractivity contribution in [2.75, 3.05) is 0 Å². The Morgan fingerprint density at radius 1 is 1.75 bits per heavy atom. The molecule has 1 N–H and O–H groups in total. The molecule has 1 aromatic rings. The lowest BCUT2D eigenvalue weighted by Gasteiger charge is -2.01. The van der Waals surface area contributed by atoms with Crippen LogP contribution >= 0.6 is 27.5 Å². The first-order valence-electron chi connectivity index (χ1n) is 3.08. The van der Waals surface area contributed by atoms with Crippen molar-refractivity contribution in [3.63, 3.8) is 0 Å². The quantitative estimate of drug-likeness (QED) is 0.779. The minimum atomic E-state index is -1.02. The summed E-state index contributed by atoms with van der Waals surface area (Å²) in [5.74, 6) is -1.02. The van der Waals surface area contributed by atoms with Gasteiger partial charge in [-0.15, -0.1) is 0 Å². The van der Waals surface area contributed by atoms with Crippen molar-refractivity contribution in [2.45, 2.75) is 6.92 Å². The highest BCUT2D eigenvalue weighted by atomic mass is 79.9. The lowest BCUT2D eigenvalue weighted by Crippen LogP contribution is -2.00. The first kappa shape index (κ1) is 9.48. The first-order valence-corrected chi connectivity index (χ1v) is 4.25. The van der Waals surface area contributed by atoms with Gasteiger partial charge in [0.2, 0.25) is 0 Å². The molecule has 0 saturated carbocycles. The van der Waals surface area contributed by atoms with Crippen molar-refractivity contribution < 1.29 is 9.90 Å². The van der Waals surface area contributed by atoms with Crippen LogP contribution in [0.1, 0.15) is 16.1 Å². The highest BCUT2D eigenvalue weighted by molar-refractivity contribution is 9.10. The van der Waals surface area contributed by atoms with Crippen molar-refractivity contribution in [2.24, 2.45) is 0 Å². The summed E-state index contributed by atoms with van der Waals surface area (Å²) in [5, 5.41) is 8.89. The normalized spacial score (nSPS) is 9.92. The monoisotopic (exact) mass is 249 g/mol. The molecule has 0 spiro atoms. The number of carbonyl (C=O) groups is 1. The van der Waals surface area contributed by atoms with E-state index in [1.54, 1.807) is 6.92 Å². The summed E-state index contributed by atoms with van der Waals surface area (Å²) in [4.78, 5) is 14.5. The number of aromatic carboxylic acids is 1. The molecular formula is C7H5BrClNO2. The third kappa shape index (κ3) is 1.76. The molecule has 12 heavy (non-hydrogen) atoms. The second-order valence-corrected chi connectivity index (χ2v) is 3.38. The van der Waals surface area contributed by atoms with Crippen LogP contribution in [0.25, 0.3) is 0 Å². The molecule has 0 radical (unpaired) electrons. The number of hydrogen-bond donors (Lipinski definition) is 1. The summed E-state index contributed by atoms with van der Waals surface area (Å²) < 4.78 is 0.472. The van der Waals surface area contributed by atoms with Crippen LogP contribution in [0.3, 0.4) is 0 Å². The Morgan fingerprint density at radius 3 is 2.83 bits per heavy atom. The molecule has 1 aromatic heterocycles. The summed E-state index contributed by atoms with van der Waals surface area (Å²) in [6.07, 6.45) is 0. The Balaban J connectivity index is 3.37. The van der Waals surface area contributed by atoms with Crippen molar-refractivity contribution in [1.82, 2.24) is 4.98 Å². The van der Waals surface area contributed by atoms with Gasteiger partial charge in [0.25, 0.3) is 0 Å². The Hall–Kier alpha value is -0.610. The fourth-order valence-corrected chi connectivity index (χ4v) is 1.38. The van der Waals surface area contributed by atoms with Crippen molar-refractivity contribution in [3.8, 4) is 0 Å². The predicted molar refractivity (Wildman–Crippen MR) is 48.6 cm³/mol. The molecule has 0 aliphatic carbocycles. The Bertz CT molecular complexity index is 340. The van der Waals surface area contributed by atoms with E-state index >= 15 is 0 Å². The topological polar surface area (TPSA) is 50.2 Å². The predicted octanol–water partition coefficient (Wildman–Crippen LogP) is 2.50. The summed E-state index contributed by atoms with van der Waals surface area (Å²) >= 11 is 8.68. The Labute approximate surface area is 82.5 Å². The second-order valence-electron chi connectivity index (χ2n) is 2.20. The van der Waals surface area contributed by atoms with Crippen LogP contribution < -0.4 is 0 Å². The van der Waals surface area contributed by atoms with Gasteiger partial charge in [-0.1, -0.05) is 11.6 Å². The fourth-order valence-electron chi connectivity index (χ4n) is 0.775. The number of hydrogen-bond acceptors (Lipinski definition) is 2. The molecule has 0 bridgehead atoms. The van der Waals surface area contributed by atoms with Gasteiger partial charge in [-0.2, -0.15) is 0 Å². The van der Waals surface area contributed by atoms with Gasteiger partial charge >= 0.3 is 5.97 Å². The molecular weight excluding hydrogens is 245 g/mol. The van der Waals surface area contributed by atoms with Gasteiger partial charge in [0.1, 0.15) is 5.15 Å². The summed E-state index contributed by atoms with van der Waals surface area (Å²) in [6, 6.07) is 1.31. The lowest BCUT2D eigenvalue weighted by molar-refractivity contribution is 0.0695. The molecule has 0 amide bonds. The number of aromatic nitrogens is 1. The Kier molecular flexibility index (Phi) is 2.69. The first-order chi connectivity index (χ1) is 5.52. The molecule has 0 saturated heterocycles. The number of carboxylic acid groups (broad SMARTS) is 1. The van der Waals surface area contributed by atoms with Gasteiger partial charge in [-0.05, 0) is 28.9 Å². The van der Waals surface area contributed by atoms with Crippen LogP contribution in [0, 0.1) is 6.92 Å². The van der Waals surface area contributed by atoms with Gasteiger partial charge in [-0.3, -0.25) is 0 Å². The molecule has 3 nitrogen and oxygen atoms in total. The largest absolute Gasteiger partial charge is 0.478 e. The molecule has 0 unspecified atom stereocenters. The maximum absolute atomic E-state index is 10.6. The van der Waals surface area contributed by atoms with Gasteiger partial charge in [-0.25, -0.2) is 9.78 Å². The average molecular weight is 250 g/mol. The average Bonchev–Trinajstić information content (AvgIpc) is 1.96. The second kappa shape index (κ2) is 3.41. The molecule has 0 aliphatic heterocycles. The molecule has 0 aliphatic rings. The minimum absolute atomic E-state index is 0.132. The van der Waals surface area contributed by atoms with E-state index in [0.29, 0.717) is 10.2 Å².